The van der Waals surface area contributed by atoms with Crippen molar-refractivity contribution >= 4 is 29.1 Å². The second-order valence-corrected chi connectivity index (χ2v) is 8.15. The molecule has 4 aromatic rings. The first-order valence-corrected chi connectivity index (χ1v) is 11.0. The van der Waals surface area contributed by atoms with Crippen LogP contribution in [-0.2, 0) is 4.79 Å². The van der Waals surface area contributed by atoms with E-state index < -0.39 is 6.04 Å². The highest BCUT2D eigenvalue weighted by molar-refractivity contribution is 6.30. The minimum Gasteiger partial charge on any atom is -0.495 e. The molecule has 1 aliphatic heterocycles. The molecule has 0 saturated heterocycles. The summed E-state index contributed by atoms with van der Waals surface area (Å²) in [5.74, 6) is 1.34. The molecule has 0 bridgehead atoms. The van der Waals surface area contributed by atoms with Crippen molar-refractivity contribution < 1.29 is 9.53 Å². The number of hydrogen-bond donors (Lipinski definition) is 2. The number of carbonyl (C=O) groups excluding carboxylic acids is 1. The van der Waals surface area contributed by atoms with E-state index in [1.165, 1.54) is 0 Å². The number of fused-ring (bicyclic) bond motifs is 1. The van der Waals surface area contributed by atoms with Crippen LogP contribution >= 0.6 is 11.6 Å². The fourth-order valence-corrected chi connectivity index (χ4v) is 4.08. The second kappa shape index (κ2) is 8.99. The fourth-order valence-electron chi connectivity index (χ4n) is 3.95. The maximum absolute atomic E-state index is 13.6. The van der Waals surface area contributed by atoms with Crippen LogP contribution in [0.1, 0.15) is 18.5 Å². The van der Waals surface area contributed by atoms with Gasteiger partial charge >= 0.3 is 0 Å². The van der Waals surface area contributed by atoms with Crippen molar-refractivity contribution in [1.82, 2.24) is 19.7 Å². The van der Waals surface area contributed by atoms with Crippen LogP contribution in [0.5, 0.6) is 5.75 Å². The highest BCUT2D eigenvalue weighted by atomic mass is 35.5. The normalized spacial score (nSPS) is 14.9. The number of amides is 1. The molecule has 1 aliphatic rings. The van der Waals surface area contributed by atoms with Crippen molar-refractivity contribution in [3.05, 3.63) is 94.9 Å². The summed E-state index contributed by atoms with van der Waals surface area (Å²) in [6.45, 7) is 1.85. The van der Waals surface area contributed by atoms with Gasteiger partial charge in [-0.05, 0) is 55.0 Å². The van der Waals surface area contributed by atoms with Crippen molar-refractivity contribution in [2.24, 2.45) is 0 Å². The van der Waals surface area contributed by atoms with Crippen LogP contribution in [0.2, 0.25) is 5.02 Å². The lowest BCUT2D eigenvalue weighted by atomic mass is 9.96. The Morgan fingerprint density at radius 1 is 1.12 bits per heavy atom. The fraction of sp³-hybridized carbons (Fsp3) is 0.120. The number of para-hydroxylation sites is 2. The quantitative estimate of drug-likeness (QED) is 0.427. The van der Waals surface area contributed by atoms with E-state index in [2.05, 4.69) is 20.6 Å². The van der Waals surface area contributed by atoms with E-state index in [4.69, 9.17) is 21.4 Å². The molecule has 170 valence electrons. The van der Waals surface area contributed by atoms with Crippen molar-refractivity contribution in [1.29, 1.82) is 0 Å². The first-order chi connectivity index (χ1) is 16.5. The molecule has 8 nitrogen and oxygen atoms in total. The molecular weight excluding hydrogens is 452 g/mol. The molecule has 0 spiro atoms. The first-order valence-electron chi connectivity index (χ1n) is 10.6. The van der Waals surface area contributed by atoms with Crippen molar-refractivity contribution in [2.75, 3.05) is 17.7 Å². The number of carbonyl (C=O) groups is 1. The largest absolute Gasteiger partial charge is 0.495 e. The average molecular weight is 473 g/mol. The summed E-state index contributed by atoms with van der Waals surface area (Å²) >= 11 is 6.04. The second-order valence-electron chi connectivity index (χ2n) is 7.72. The van der Waals surface area contributed by atoms with Crippen LogP contribution in [0.4, 0.5) is 11.6 Å². The van der Waals surface area contributed by atoms with Gasteiger partial charge in [0.15, 0.2) is 5.82 Å². The van der Waals surface area contributed by atoms with E-state index in [9.17, 15) is 4.79 Å². The lowest BCUT2D eigenvalue weighted by Crippen LogP contribution is -2.31. The smallest absolute Gasteiger partial charge is 0.255 e. The number of methoxy groups -OCH3 is 1. The number of ether oxygens (including phenoxy) is 1. The topological polar surface area (TPSA) is 94.0 Å². The molecule has 1 atom stereocenters. The lowest BCUT2D eigenvalue weighted by Gasteiger charge is -2.28. The zero-order chi connectivity index (χ0) is 23.7. The summed E-state index contributed by atoms with van der Waals surface area (Å²) in [7, 11) is 1.57. The third kappa shape index (κ3) is 3.99. The Labute approximate surface area is 201 Å². The van der Waals surface area contributed by atoms with Gasteiger partial charge in [-0.3, -0.25) is 9.78 Å². The number of benzene rings is 2. The van der Waals surface area contributed by atoms with Gasteiger partial charge in [-0.2, -0.15) is 4.98 Å². The molecule has 2 aromatic carbocycles. The van der Waals surface area contributed by atoms with Gasteiger partial charge in [0.05, 0.1) is 18.4 Å². The molecule has 0 saturated carbocycles. The summed E-state index contributed by atoms with van der Waals surface area (Å²) in [6, 6.07) is 17.8. The molecular formula is C25H21ClN6O2. The number of hydrogen-bond acceptors (Lipinski definition) is 6. The van der Waals surface area contributed by atoms with Crippen LogP contribution in [0, 0.1) is 0 Å². The summed E-state index contributed by atoms with van der Waals surface area (Å²) in [4.78, 5) is 22.5. The van der Waals surface area contributed by atoms with Gasteiger partial charge in [0.1, 0.15) is 11.8 Å². The molecule has 0 fully saturated rings. The standard InChI is InChI=1S/C25H21ClN6O2/c1-15-21(24(33)29-19-7-3-4-8-20(19)34-2)22(17-6-5-13-27-14-17)32-25(28-15)30-23(31-32)16-9-11-18(26)12-10-16/h3-14,22H,1-2H3,(H,29,33)(H,28,30,31). The Morgan fingerprint density at radius 2 is 1.91 bits per heavy atom. The van der Waals surface area contributed by atoms with Crippen LogP contribution < -0.4 is 15.4 Å². The van der Waals surface area contributed by atoms with Gasteiger partial charge < -0.3 is 15.4 Å². The zero-order valence-electron chi connectivity index (χ0n) is 18.5. The average Bonchev–Trinajstić information content (AvgIpc) is 3.28. The van der Waals surface area contributed by atoms with Crippen molar-refractivity contribution in [2.45, 2.75) is 13.0 Å². The van der Waals surface area contributed by atoms with E-state index >= 15 is 0 Å². The van der Waals surface area contributed by atoms with Gasteiger partial charge in [0, 0.05) is 28.7 Å². The maximum atomic E-state index is 13.6. The molecule has 9 heteroatoms. The van der Waals surface area contributed by atoms with Gasteiger partial charge in [-0.25, -0.2) is 4.68 Å². The predicted octanol–water partition coefficient (Wildman–Crippen LogP) is 4.93. The van der Waals surface area contributed by atoms with Crippen LogP contribution in [-0.4, -0.2) is 32.8 Å². The molecule has 2 aromatic heterocycles. The zero-order valence-corrected chi connectivity index (χ0v) is 19.2. The van der Waals surface area contributed by atoms with Gasteiger partial charge in [-0.15, -0.1) is 5.10 Å². The van der Waals surface area contributed by atoms with E-state index in [0.29, 0.717) is 39.5 Å². The molecule has 1 unspecified atom stereocenters. The van der Waals surface area contributed by atoms with E-state index in [0.717, 1.165) is 11.1 Å². The highest BCUT2D eigenvalue weighted by Crippen LogP contribution is 2.37. The highest BCUT2D eigenvalue weighted by Gasteiger charge is 2.34. The Hall–Kier alpha value is -4.17. The van der Waals surface area contributed by atoms with E-state index in [1.54, 1.807) is 48.5 Å². The summed E-state index contributed by atoms with van der Waals surface area (Å²) in [6.07, 6.45) is 3.42. The van der Waals surface area contributed by atoms with Crippen LogP contribution in [0.15, 0.2) is 84.3 Å². The number of anilines is 2. The van der Waals surface area contributed by atoms with Crippen LogP contribution in [0.25, 0.3) is 11.4 Å². The maximum Gasteiger partial charge on any atom is 0.255 e. The molecule has 5 rings (SSSR count). The molecule has 0 aliphatic carbocycles. The number of aromatic nitrogens is 4. The Bertz CT molecular complexity index is 1380. The molecule has 1 amide bonds. The van der Waals surface area contributed by atoms with E-state index in [1.807, 2.05) is 43.3 Å². The Morgan fingerprint density at radius 3 is 2.65 bits per heavy atom. The van der Waals surface area contributed by atoms with Crippen molar-refractivity contribution in [3.8, 4) is 17.1 Å². The number of pyridine rings is 1. The molecule has 34 heavy (non-hydrogen) atoms. The molecule has 0 radical (unpaired) electrons. The number of allylic oxidation sites excluding steroid dienone is 1. The first kappa shape index (κ1) is 21.7. The summed E-state index contributed by atoms with van der Waals surface area (Å²) in [5.41, 5.74) is 3.37. The molecule has 3 heterocycles. The molecule has 2 N–H and O–H groups in total. The third-order valence-electron chi connectivity index (χ3n) is 5.55. The monoisotopic (exact) mass is 472 g/mol. The Kier molecular flexibility index (Phi) is 5.73. The lowest BCUT2D eigenvalue weighted by molar-refractivity contribution is -0.113. The van der Waals surface area contributed by atoms with Crippen molar-refractivity contribution in [3.63, 3.8) is 0 Å². The van der Waals surface area contributed by atoms with Gasteiger partial charge in [0.25, 0.3) is 5.91 Å². The third-order valence-corrected chi connectivity index (χ3v) is 5.81. The Balaban J connectivity index is 1.58. The number of halogens is 1. The van der Waals surface area contributed by atoms with Gasteiger partial charge in [0.2, 0.25) is 5.95 Å². The van der Waals surface area contributed by atoms with Gasteiger partial charge in [-0.1, -0.05) is 29.8 Å². The SMILES string of the molecule is COc1ccccc1NC(=O)C1=C(C)Nc2nc(-c3ccc(Cl)cc3)nn2C1c1cccnc1. The number of rotatable bonds is 5. The number of nitrogens with one attached hydrogen (secondary N) is 2. The minimum absolute atomic E-state index is 0.280. The van der Waals surface area contributed by atoms with E-state index in [-0.39, 0.29) is 5.91 Å². The number of nitrogens with zero attached hydrogens (tertiary/aromatic N) is 4. The summed E-state index contributed by atoms with van der Waals surface area (Å²) < 4.78 is 7.11. The predicted molar refractivity (Wildman–Crippen MR) is 131 cm³/mol. The summed E-state index contributed by atoms with van der Waals surface area (Å²) in [5, 5.41) is 11.6. The van der Waals surface area contributed by atoms with Crippen LogP contribution in [0.3, 0.4) is 0 Å². The minimum atomic E-state index is -0.534.